The summed E-state index contributed by atoms with van der Waals surface area (Å²) in [6.45, 7) is 2.03. The van der Waals surface area contributed by atoms with Crippen molar-refractivity contribution in [2.75, 3.05) is 5.32 Å². The maximum Gasteiger partial charge on any atom is 0.256 e. The maximum atomic E-state index is 12.2. The number of nitrogens with zero attached hydrogens (tertiary/aromatic N) is 1. The minimum absolute atomic E-state index is 0.0744. The van der Waals surface area contributed by atoms with Crippen molar-refractivity contribution in [3.63, 3.8) is 0 Å². The zero-order valence-electron chi connectivity index (χ0n) is 14.7. The SMILES string of the molecule is Cc1ccc2nc(-c3ccc(/C=C4/C(=O)Nc5ccccc54)cc3)oc2c1. The predicted octanol–water partition coefficient (Wildman–Crippen LogP) is 5.30. The average Bonchev–Trinajstić information content (AvgIpc) is 3.23. The molecule has 3 aromatic carbocycles. The van der Waals surface area contributed by atoms with Crippen LogP contribution in [0, 0.1) is 6.92 Å². The van der Waals surface area contributed by atoms with Crippen molar-refractivity contribution in [2.45, 2.75) is 6.92 Å². The van der Waals surface area contributed by atoms with Gasteiger partial charge in [0.05, 0.1) is 0 Å². The van der Waals surface area contributed by atoms with E-state index in [0.29, 0.717) is 11.5 Å². The lowest BCUT2D eigenvalue weighted by molar-refractivity contribution is -0.110. The summed E-state index contributed by atoms with van der Waals surface area (Å²) in [5, 5.41) is 2.89. The lowest BCUT2D eigenvalue weighted by atomic mass is 10.0. The van der Waals surface area contributed by atoms with Crippen molar-refractivity contribution in [2.24, 2.45) is 0 Å². The fourth-order valence-corrected chi connectivity index (χ4v) is 3.33. The summed E-state index contributed by atoms with van der Waals surface area (Å²) < 4.78 is 5.88. The molecule has 0 saturated carbocycles. The number of rotatable bonds is 2. The van der Waals surface area contributed by atoms with Crippen molar-refractivity contribution in [1.29, 1.82) is 0 Å². The quantitative estimate of drug-likeness (QED) is 0.498. The number of para-hydroxylation sites is 1. The molecule has 0 radical (unpaired) electrons. The number of aromatic nitrogens is 1. The number of aryl methyl sites for hydroxylation is 1. The lowest BCUT2D eigenvalue weighted by Crippen LogP contribution is -2.03. The van der Waals surface area contributed by atoms with Gasteiger partial charge < -0.3 is 9.73 Å². The van der Waals surface area contributed by atoms with Gasteiger partial charge in [-0.1, -0.05) is 36.4 Å². The molecule has 0 saturated heterocycles. The van der Waals surface area contributed by atoms with Gasteiger partial charge in [-0.15, -0.1) is 0 Å². The first-order chi connectivity index (χ1) is 13.2. The molecule has 4 heteroatoms. The van der Waals surface area contributed by atoms with Gasteiger partial charge >= 0.3 is 0 Å². The van der Waals surface area contributed by atoms with Crippen LogP contribution >= 0.6 is 0 Å². The van der Waals surface area contributed by atoms with Gasteiger partial charge in [-0.05, 0) is 54.5 Å². The Morgan fingerprint density at radius 1 is 1.00 bits per heavy atom. The minimum Gasteiger partial charge on any atom is -0.436 e. The maximum absolute atomic E-state index is 12.2. The molecule has 1 N–H and O–H groups in total. The number of nitrogens with one attached hydrogen (secondary N) is 1. The van der Waals surface area contributed by atoms with Gasteiger partial charge in [-0.2, -0.15) is 0 Å². The summed E-state index contributed by atoms with van der Waals surface area (Å²) >= 11 is 0. The van der Waals surface area contributed by atoms with Crippen LogP contribution in [0.15, 0.2) is 71.1 Å². The molecule has 0 spiro atoms. The Hall–Kier alpha value is -3.66. The van der Waals surface area contributed by atoms with Gasteiger partial charge in [0.15, 0.2) is 5.58 Å². The zero-order valence-corrected chi connectivity index (χ0v) is 14.7. The number of carbonyl (C=O) groups excluding carboxylic acids is 1. The van der Waals surface area contributed by atoms with Gasteiger partial charge in [0.25, 0.3) is 5.91 Å². The highest BCUT2D eigenvalue weighted by Gasteiger charge is 2.23. The van der Waals surface area contributed by atoms with Crippen LogP contribution < -0.4 is 5.32 Å². The first-order valence-corrected chi connectivity index (χ1v) is 8.77. The zero-order chi connectivity index (χ0) is 18.4. The number of hydrogen-bond donors (Lipinski definition) is 1. The van der Waals surface area contributed by atoms with Crippen molar-refractivity contribution < 1.29 is 9.21 Å². The van der Waals surface area contributed by atoms with Crippen LogP contribution in [0.5, 0.6) is 0 Å². The van der Waals surface area contributed by atoms with E-state index in [1.165, 1.54) is 0 Å². The first kappa shape index (κ1) is 15.6. The molecule has 27 heavy (non-hydrogen) atoms. The van der Waals surface area contributed by atoms with Gasteiger partial charge in [0.2, 0.25) is 5.89 Å². The van der Waals surface area contributed by atoms with E-state index in [-0.39, 0.29) is 5.91 Å². The third-order valence-corrected chi connectivity index (χ3v) is 4.72. The Morgan fingerprint density at radius 2 is 1.81 bits per heavy atom. The molecule has 0 unspecified atom stereocenters. The predicted molar refractivity (Wildman–Crippen MR) is 107 cm³/mol. The van der Waals surface area contributed by atoms with Gasteiger partial charge in [-0.3, -0.25) is 4.79 Å². The van der Waals surface area contributed by atoms with E-state index in [2.05, 4.69) is 10.3 Å². The van der Waals surface area contributed by atoms with Gasteiger partial charge in [0, 0.05) is 22.4 Å². The summed E-state index contributed by atoms with van der Waals surface area (Å²) in [6, 6.07) is 21.5. The fraction of sp³-hybridized carbons (Fsp3) is 0.0435. The Bertz CT molecular complexity index is 1220. The van der Waals surface area contributed by atoms with Crippen molar-refractivity contribution in [3.8, 4) is 11.5 Å². The number of amides is 1. The van der Waals surface area contributed by atoms with Crippen LogP contribution in [0.1, 0.15) is 16.7 Å². The second-order valence-corrected chi connectivity index (χ2v) is 6.67. The van der Waals surface area contributed by atoms with Gasteiger partial charge in [0.1, 0.15) is 5.52 Å². The first-order valence-electron chi connectivity index (χ1n) is 8.77. The number of oxazole rings is 1. The third-order valence-electron chi connectivity index (χ3n) is 4.72. The molecule has 130 valence electrons. The Balaban J connectivity index is 1.49. The molecule has 1 aliphatic rings. The molecule has 1 amide bonds. The molecule has 0 aliphatic carbocycles. The average molecular weight is 352 g/mol. The monoisotopic (exact) mass is 352 g/mol. The van der Waals surface area contributed by atoms with Crippen molar-refractivity contribution in [1.82, 2.24) is 4.98 Å². The Labute approximate surface area is 156 Å². The highest BCUT2D eigenvalue weighted by molar-refractivity contribution is 6.34. The van der Waals surface area contributed by atoms with Crippen LogP contribution in [0.3, 0.4) is 0 Å². The largest absolute Gasteiger partial charge is 0.436 e. The smallest absolute Gasteiger partial charge is 0.256 e. The number of carbonyl (C=O) groups is 1. The number of anilines is 1. The molecule has 0 fully saturated rings. The minimum atomic E-state index is -0.0744. The third kappa shape index (κ3) is 2.72. The molecule has 5 rings (SSSR count). The summed E-state index contributed by atoms with van der Waals surface area (Å²) in [7, 11) is 0. The topological polar surface area (TPSA) is 55.1 Å². The van der Waals surface area contributed by atoms with E-state index in [1.54, 1.807) is 0 Å². The molecule has 0 bridgehead atoms. The summed E-state index contributed by atoms with van der Waals surface area (Å²) in [4.78, 5) is 16.8. The molecule has 4 aromatic rings. The second kappa shape index (κ2) is 5.95. The fourth-order valence-electron chi connectivity index (χ4n) is 3.33. The Morgan fingerprint density at radius 3 is 2.67 bits per heavy atom. The second-order valence-electron chi connectivity index (χ2n) is 6.67. The molecule has 4 nitrogen and oxygen atoms in total. The molecule has 2 heterocycles. The number of fused-ring (bicyclic) bond motifs is 2. The van der Waals surface area contributed by atoms with Crippen LogP contribution in [0.2, 0.25) is 0 Å². The van der Waals surface area contributed by atoms with Crippen LogP contribution in [0.4, 0.5) is 5.69 Å². The van der Waals surface area contributed by atoms with E-state index in [9.17, 15) is 4.79 Å². The number of benzene rings is 3. The summed E-state index contributed by atoms with van der Waals surface area (Å²) in [5.74, 6) is 0.522. The summed E-state index contributed by atoms with van der Waals surface area (Å²) in [6.07, 6.45) is 1.90. The van der Waals surface area contributed by atoms with Crippen molar-refractivity contribution >= 4 is 34.3 Å². The standard InChI is InChI=1S/C23H16N2O2/c1-14-6-11-20-21(12-14)27-23(25-20)16-9-7-15(8-10-16)13-18-17-4-2-3-5-19(17)24-22(18)26/h2-13H,1H3,(H,24,26)/b18-13+. The van der Waals surface area contributed by atoms with E-state index >= 15 is 0 Å². The molecule has 1 aromatic heterocycles. The van der Waals surface area contributed by atoms with Crippen molar-refractivity contribution in [3.05, 3.63) is 83.4 Å². The van der Waals surface area contributed by atoms with Crippen LogP contribution in [-0.4, -0.2) is 10.9 Å². The van der Waals surface area contributed by atoms with Crippen LogP contribution in [0.25, 0.3) is 34.2 Å². The Kier molecular flexibility index (Phi) is 3.44. The van der Waals surface area contributed by atoms with E-state index in [0.717, 1.165) is 39.0 Å². The normalized spacial score (nSPS) is 14.6. The van der Waals surface area contributed by atoms with E-state index in [1.807, 2.05) is 79.7 Å². The van der Waals surface area contributed by atoms with E-state index in [4.69, 9.17) is 4.42 Å². The highest BCUT2D eigenvalue weighted by Crippen LogP contribution is 2.33. The van der Waals surface area contributed by atoms with E-state index < -0.39 is 0 Å². The molecule has 1 aliphatic heterocycles. The number of hydrogen-bond acceptors (Lipinski definition) is 3. The van der Waals surface area contributed by atoms with Gasteiger partial charge in [-0.25, -0.2) is 4.98 Å². The van der Waals surface area contributed by atoms with Crippen LogP contribution in [-0.2, 0) is 4.79 Å². The molecule has 0 atom stereocenters. The molecular formula is C23H16N2O2. The highest BCUT2D eigenvalue weighted by atomic mass is 16.3. The summed E-state index contributed by atoms with van der Waals surface area (Å²) in [5.41, 5.74) is 7.09. The molecular weight excluding hydrogens is 336 g/mol. The lowest BCUT2D eigenvalue weighted by Gasteiger charge is -2.00.